The molecule has 0 spiro atoms. The molecule has 1 aromatic carbocycles. The number of nitrogens with zero attached hydrogens (tertiary/aromatic N) is 1. The molecule has 4 heteroatoms. The van der Waals surface area contributed by atoms with E-state index in [1.54, 1.807) is 0 Å². The summed E-state index contributed by atoms with van der Waals surface area (Å²) in [5.74, 6) is 0.415. The fraction of sp³-hybridized carbons (Fsp3) is 0.333. The van der Waals surface area contributed by atoms with E-state index in [-0.39, 0.29) is 5.91 Å². The molecule has 0 bridgehead atoms. The summed E-state index contributed by atoms with van der Waals surface area (Å²) in [5, 5.41) is 3.38. The van der Waals surface area contributed by atoms with Gasteiger partial charge in [-0.25, -0.2) is 4.98 Å². The van der Waals surface area contributed by atoms with E-state index in [4.69, 9.17) is 0 Å². The Bertz CT molecular complexity index is 531. The number of amides is 1. The van der Waals surface area contributed by atoms with Crippen molar-refractivity contribution in [2.45, 2.75) is 26.7 Å². The van der Waals surface area contributed by atoms with Crippen LogP contribution < -0.4 is 5.32 Å². The number of hydrogen-bond donors (Lipinski definition) is 1. The fourth-order valence-corrected chi connectivity index (χ4v) is 2.40. The molecule has 84 valence electrons. The lowest BCUT2D eigenvalue weighted by atomic mass is 10.0. The van der Waals surface area contributed by atoms with Crippen LogP contribution in [0.1, 0.15) is 32.3 Å². The summed E-state index contributed by atoms with van der Waals surface area (Å²) in [4.78, 5) is 15.3. The molecule has 1 N–H and O–H groups in total. The maximum absolute atomic E-state index is 10.9. The first-order valence-electron chi connectivity index (χ1n) is 5.24. The molecule has 0 fully saturated rings. The van der Waals surface area contributed by atoms with Gasteiger partial charge in [0.25, 0.3) is 0 Å². The van der Waals surface area contributed by atoms with E-state index in [0.717, 1.165) is 10.2 Å². The lowest BCUT2D eigenvalue weighted by Gasteiger charge is -2.03. The second-order valence-corrected chi connectivity index (χ2v) is 5.11. The Balaban J connectivity index is 2.41. The minimum atomic E-state index is -0.0804. The molecule has 1 aromatic heterocycles. The van der Waals surface area contributed by atoms with E-state index in [1.165, 1.54) is 23.8 Å². The molecule has 16 heavy (non-hydrogen) atoms. The number of hydrogen-bond acceptors (Lipinski definition) is 3. The predicted molar refractivity (Wildman–Crippen MR) is 68.0 cm³/mol. The van der Waals surface area contributed by atoms with E-state index in [0.29, 0.717) is 11.0 Å². The number of nitrogens with one attached hydrogen (secondary N) is 1. The van der Waals surface area contributed by atoms with Gasteiger partial charge in [0.2, 0.25) is 5.91 Å². The first kappa shape index (κ1) is 11.1. The van der Waals surface area contributed by atoms with Crippen molar-refractivity contribution in [2.24, 2.45) is 0 Å². The van der Waals surface area contributed by atoms with Gasteiger partial charge < -0.3 is 5.32 Å². The smallest absolute Gasteiger partial charge is 0.223 e. The van der Waals surface area contributed by atoms with Crippen molar-refractivity contribution in [3.63, 3.8) is 0 Å². The number of carbonyl (C=O) groups excluding carboxylic acids is 1. The van der Waals surface area contributed by atoms with Crippen LogP contribution in [0.4, 0.5) is 5.13 Å². The van der Waals surface area contributed by atoms with Crippen LogP contribution in [0.5, 0.6) is 0 Å². The van der Waals surface area contributed by atoms with Gasteiger partial charge in [-0.05, 0) is 23.6 Å². The number of thiazole rings is 1. The Kier molecular flexibility index (Phi) is 2.92. The van der Waals surface area contributed by atoms with Gasteiger partial charge in [-0.15, -0.1) is 0 Å². The highest BCUT2D eigenvalue weighted by Gasteiger charge is 2.07. The van der Waals surface area contributed by atoms with Crippen molar-refractivity contribution in [1.29, 1.82) is 0 Å². The Morgan fingerprint density at radius 1 is 1.44 bits per heavy atom. The second kappa shape index (κ2) is 4.22. The minimum Gasteiger partial charge on any atom is -0.302 e. The van der Waals surface area contributed by atoms with Crippen molar-refractivity contribution in [1.82, 2.24) is 4.98 Å². The highest BCUT2D eigenvalue weighted by atomic mass is 32.1. The van der Waals surface area contributed by atoms with Crippen molar-refractivity contribution in [2.75, 3.05) is 5.32 Å². The normalized spacial score (nSPS) is 11.0. The van der Waals surface area contributed by atoms with E-state index in [9.17, 15) is 4.79 Å². The maximum Gasteiger partial charge on any atom is 0.223 e. The van der Waals surface area contributed by atoms with E-state index < -0.39 is 0 Å². The van der Waals surface area contributed by atoms with Crippen LogP contribution in [-0.4, -0.2) is 10.9 Å². The van der Waals surface area contributed by atoms with Crippen LogP contribution in [0.3, 0.4) is 0 Å². The number of fused-ring (bicyclic) bond motifs is 1. The van der Waals surface area contributed by atoms with Crippen molar-refractivity contribution < 1.29 is 4.79 Å². The zero-order valence-corrected chi connectivity index (χ0v) is 10.4. The molecule has 0 atom stereocenters. The van der Waals surface area contributed by atoms with Gasteiger partial charge in [0.15, 0.2) is 5.13 Å². The molecule has 0 unspecified atom stereocenters. The van der Waals surface area contributed by atoms with Gasteiger partial charge in [0.05, 0.1) is 10.2 Å². The van der Waals surface area contributed by atoms with Gasteiger partial charge >= 0.3 is 0 Å². The van der Waals surface area contributed by atoms with E-state index >= 15 is 0 Å². The third-order valence-electron chi connectivity index (χ3n) is 2.36. The summed E-state index contributed by atoms with van der Waals surface area (Å²) >= 11 is 1.50. The van der Waals surface area contributed by atoms with Gasteiger partial charge in [-0.2, -0.15) is 0 Å². The lowest BCUT2D eigenvalue weighted by Crippen LogP contribution is -2.04. The van der Waals surface area contributed by atoms with Crippen LogP contribution in [0.15, 0.2) is 18.2 Å². The standard InChI is InChI=1S/C12H14N2OS/c1-7(2)9-4-5-11-10(6-9)14-12(16-11)13-8(3)15/h4-7H,1-3H3,(H,13,14,15). The molecule has 0 saturated carbocycles. The third-order valence-corrected chi connectivity index (χ3v) is 3.31. The Hall–Kier alpha value is -1.42. The zero-order chi connectivity index (χ0) is 11.7. The highest BCUT2D eigenvalue weighted by molar-refractivity contribution is 7.22. The molecule has 0 aliphatic rings. The average Bonchev–Trinajstić information content (AvgIpc) is 2.56. The molecule has 0 aliphatic carbocycles. The molecule has 3 nitrogen and oxygen atoms in total. The van der Waals surface area contributed by atoms with Gasteiger partial charge in [-0.3, -0.25) is 4.79 Å². The number of carbonyl (C=O) groups is 1. The van der Waals surface area contributed by atoms with E-state index in [2.05, 4.69) is 42.3 Å². The topological polar surface area (TPSA) is 42.0 Å². The maximum atomic E-state index is 10.9. The third kappa shape index (κ3) is 2.22. The first-order valence-corrected chi connectivity index (χ1v) is 6.06. The van der Waals surface area contributed by atoms with Crippen LogP contribution in [-0.2, 0) is 4.79 Å². The number of benzene rings is 1. The quantitative estimate of drug-likeness (QED) is 0.865. The second-order valence-electron chi connectivity index (χ2n) is 4.08. The average molecular weight is 234 g/mol. The molecular weight excluding hydrogens is 220 g/mol. The largest absolute Gasteiger partial charge is 0.302 e. The lowest BCUT2D eigenvalue weighted by molar-refractivity contribution is -0.114. The summed E-state index contributed by atoms with van der Waals surface area (Å²) in [6, 6.07) is 6.26. The summed E-state index contributed by atoms with van der Waals surface area (Å²) in [7, 11) is 0. The van der Waals surface area contributed by atoms with Gasteiger partial charge in [0.1, 0.15) is 0 Å². The van der Waals surface area contributed by atoms with Gasteiger partial charge in [0, 0.05) is 6.92 Å². The van der Waals surface area contributed by atoms with Crippen LogP contribution in [0, 0.1) is 0 Å². The molecule has 2 aromatic rings. The Labute approximate surface area is 98.5 Å². The molecule has 1 heterocycles. The molecule has 2 rings (SSSR count). The zero-order valence-electron chi connectivity index (χ0n) is 9.57. The van der Waals surface area contributed by atoms with Crippen molar-refractivity contribution >= 4 is 32.6 Å². The Morgan fingerprint density at radius 3 is 2.81 bits per heavy atom. The van der Waals surface area contributed by atoms with Crippen molar-refractivity contribution in [3.05, 3.63) is 23.8 Å². The minimum absolute atomic E-state index is 0.0804. The van der Waals surface area contributed by atoms with Gasteiger partial charge in [-0.1, -0.05) is 31.3 Å². The monoisotopic (exact) mass is 234 g/mol. The summed E-state index contributed by atoms with van der Waals surface area (Å²) in [5.41, 5.74) is 2.23. The van der Waals surface area contributed by atoms with Crippen molar-refractivity contribution in [3.8, 4) is 0 Å². The SMILES string of the molecule is CC(=O)Nc1nc2cc(C(C)C)ccc2s1. The number of aromatic nitrogens is 1. The molecule has 0 aliphatic heterocycles. The summed E-state index contributed by atoms with van der Waals surface area (Å²) < 4.78 is 1.10. The summed E-state index contributed by atoms with van der Waals surface area (Å²) in [6.45, 7) is 5.80. The van der Waals surface area contributed by atoms with E-state index in [1.807, 2.05) is 0 Å². The van der Waals surface area contributed by atoms with Crippen LogP contribution in [0.2, 0.25) is 0 Å². The first-order chi connectivity index (χ1) is 7.56. The van der Waals surface area contributed by atoms with Crippen LogP contribution >= 0.6 is 11.3 Å². The highest BCUT2D eigenvalue weighted by Crippen LogP contribution is 2.28. The van der Waals surface area contributed by atoms with Crippen LogP contribution in [0.25, 0.3) is 10.2 Å². The molecule has 0 saturated heterocycles. The summed E-state index contributed by atoms with van der Waals surface area (Å²) in [6.07, 6.45) is 0. The number of rotatable bonds is 2. The number of anilines is 1. The fourth-order valence-electron chi connectivity index (χ4n) is 1.51. The predicted octanol–water partition coefficient (Wildman–Crippen LogP) is 3.38. The molecule has 0 radical (unpaired) electrons. The molecular formula is C12H14N2OS. The Morgan fingerprint density at radius 2 is 2.19 bits per heavy atom. The molecule has 1 amide bonds.